The third-order valence-corrected chi connectivity index (χ3v) is 4.56. The van der Waals surface area contributed by atoms with Gasteiger partial charge in [-0.2, -0.15) is 5.26 Å². The summed E-state index contributed by atoms with van der Waals surface area (Å²) >= 11 is 3.56. The molecule has 1 unspecified atom stereocenters. The molecule has 1 N–H and O–H groups in total. The SMILES string of the molecule is Cc1cc(NCC(C#N)c2ccccc2)cc(C)c1Br. The smallest absolute Gasteiger partial charge is 0.0885 e. The molecule has 0 amide bonds. The molecule has 102 valence electrons. The van der Waals surface area contributed by atoms with E-state index in [0.29, 0.717) is 6.54 Å². The number of hydrogen-bond acceptors (Lipinski definition) is 2. The minimum absolute atomic E-state index is 0.138. The average Bonchev–Trinajstić information content (AvgIpc) is 2.46. The molecule has 0 spiro atoms. The molecule has 0 aliphatic rings. The lowest BCUT2D eigenvalue weighted by Crippen LogP contribution is -2.11. The molecule has 2 nitrogen and oxygen atoms in total. The van der Waals surface area contributed by atoms with Gasteiger partial charge in [-0.25, -0.2) is 0 Å². The van der Waals surface area contributed by atoms with E-state index in [4.69, 9.17) is 0 Å². The molecule has 0 saturated carbocycles. The number of hydrogen-bond donors (Lipinski definition) is 1. The minimum Gasteiger partial charge on any atom is -0.383 e. The molecule has 3 heteroatoms. The molecule has 1 atom stereocenters. The Bertz CT molecular complexity index is 606. The summed E-state index contributed by atoms with van der Waals surface area (Å²) in [4.78, 5) is 0. The van der Waals surface area contributed by atoms with Gasteiger partial charge >= 0.3 is 0 Å². The summed E-state index contributed by atoms with van der Waals surface area (Å²) < 4.78 is 1.14. The van der Waals surface area contributed by atoms with Crippen molar-refractivity contribution in [3.05, 3.63) is 63.6 Å². The van der Waals surface area contributed by atoms with Crippen LogP contribution in [0.15, 0.2) is 46.9 Å². The van der Waals surface area contributed by atoms with E-state index < -0.39 is 0 Å². The second-order valence-electron chi connectivity index (χ2n) is 4.90. The van der Waals surface area contributed by atoms with Crippen LogP contribution in [0, 0.1) is 25.2 Å². The molecule has 0 aliphatic heterocycles. The van der Waals surface area contributed by atoms with Crippen molar-refractivity contribution in [1.82, 2.24) is 0 Å². The predicted octanol–water partition coefficient (Wildman–Crippen LogP) is 4.79. The Morgan fingerprint density at radius 2 is 1.75 bits per heavy atom. The Morgan fingerprint density at radius 3 is 2.30 bits per heavy atom. The fourth-order valence-corrected chi connectivity index (χ4v) is 2.42. The molecule has 0 heterocycles. The van der Waals surface area contributed by atoms with Crippen LogP contribution in [-0.4, -0.2) is 6.54 Å². The summed E-state index contributed by atoms with van der Waals surface area (Å²) in [7, 11) is 0. The van der Waals surface area contributed by atoms with Crippen molar-refractivity contribution in [2.45, 2.75) is 19.8 Å². The molecular formula is C17H17BrN2. The van der Waals surface area contributed by atoms with Crippen LogP contribution in [0.3, 0.4) is 0 Å². The summed E-state index contributed by atoms with van der Waals surface area (Å²) in [5.41, 5.74) is 4.49. The highest BCUT2D eigenvalue weighted by atomic mass is 79.9. The van der Waals surface area contributed by atoms with Crippen molar-refractivity contribution in [3.63, 3.8) is 0 Å². The van der Waals surface area contributed by atoms with E-state index >= 15 is 0 Å². The van der Waals surface area contributed by atoms with Crippen molar-refractivity contribution < 1.29 is 0 Å². The zero-order valence-corrected chi connectivity index (χ0v) is 13.2. The molecule has 0 aliphatic carbocycles. The molecule has 0 fully saturated rings. The summed E-state index contributed by atoms with van der Waals surface area (Å²) in [5, 5.41) is 12.7. The van der Waals surface area contributed by atoms with Gasteiger partial charge in [-0.05, 0) is 42.7 Å². The summed E-state index contributed by atoms with van der Waals surface area (Å²) in [6, 6.07) is 16.4. The highest BCUT2D eigenvalue weighted by Gasteiger charge is 2.10. The lowest BCUT2D eigenvalue weighted by Gasteiger charge is -2.14. The summed E-state index contributed by atoms with van der Waals surface area (Å²) in [6.45, 7) is 4.75. The number of anilines is 1. The first-order chi connectivity index (χ1) is 9.61. The van der Waals surface area contributed by atoms with Gasteiger partial charge in [0.2, 0.25) is 0 Å². The number of nitrogens with zero attached hydrogens (tertiary/aromatic N) is 1. The molecule has 20 heavy (non-hydrogen) atoms. The third kappa shape index (κ3) is 3.40. The highest BCUT2D eigenvalue weighted by molar-refractivity contribution is 9.10. The Labute approximate surface area is 128 Å². The number of rotatable bonds is 4. The Morgan fingerprint density at radius 1 is 1.15 bits per heavy atom. The molecule has 0 aromatic heterocycles. The summed E-state index contributed by atoms with van der Waals surface area (Å²) in [6.07, 6.45) is 0. The van der Waals surface area contributed by atoms with Crippen LogP contribution in [0.1, 0.15) is 22.6 Å². The maximum absolute atomic E-state index is 9.31. The van der Waals surface area contributed by atoms with Crippen molar-refractivity contribution in [2.75, 3.05) is 11.9 Å². The first-order valence-corrected chi connectivity index (χ1v) is 7.36. The molecule has 2 aromatic rings. The fraction of sp³-hybridized carbons (Fsp3) is 0.235. The average molecular weight is 329 g/mol. The van der Waals surface area contributed by atoms with Crippen molar-refractivity contribution in [3.8, 4) is 6.07 Å². The highest BCUT2D eigenvalue weighted by Crippen LogP contribution is 2.25. The van der Waals surface area contributed by atoms with Crippen molar-refractivity contribution >= 4 is 21.6 Å². The van der Waals surface area contributed by atoms with E-state index in [1.54, 1.807) is 0 Å². The van der Waals surface area contributed by atoms with E-state index in [9.17, 15) is 5.26 Å². The topological polar surface area (TPSA) is 35.8 Å². The third-order valence-electron chi connectivity index (χ3n) is 3.30. The summed E-state index contributed by atoms with van der Waals surface area (Å²) in [5.74, 6) is -0.138. The fourth-order valence-electron chi connectivity index (χ4n) is 2.19. The van der Waals surface area contributed by atoms with Crippen LogP contribution >= 0.6 is 15.9 Å². The minimum atomic E-state index is -0.138. The van der Waals surface area contributed by atoms with Crippen LogP contribution in [0.5, 0.6) is 0 Å². The molecule has 0 bridgehead atoms. The molecule has 2 aromatic carbocycles. The van der Waals surface area contributed by atoms with Gasteiger partial charge in [0.1, 0.15) is 0 Å². The number of aryl methyl sites for hydroxylation is 2. The van der Waals surface area contributed by atoms with Gasteiger partial charge < -0.3 is 5.32 Å². The Balaban J connectivity index is 2.10. The van der Waals surface area contributed by atoms with Gasteiger partial charge in [0.25, 0.3) is 0 Å². The lowest BCUT2D eigenvalue weighted by atomic mass is 10.0. The molecule has 2 rings (SSSR count). The monoisotopic (exact) mass is 328 g/mol. The lowest BCUT2D eigenvalue weighted by molar-refractivity contribution is 0.900. The van der Waals surface area contributed by atoms with Crippen LogP contribution < -0.4 is 5.32 Å². The zero-order chi connectivity index (χ0) is 14.5. The largest absolute Gasteiger partial charge is 0.383 e. The molecule has 0 saturated heterocycles. The number of nitrogens with one attached hydrogen (secondary N) is 1. The van der Waals surface area contributed by atoms with Gasteiger partial charge in [-0.15, -0.1) is 0 Å². The first-order valence-electron chi connectivity index (χ1n) is 6.57. The van der Waals surface area contributed by atoms with Gasteiger partial charge in [0.15, 0.2) is 0 Å². The van der Waals surface area contributed by atoms with Gasteiger partial charge in [-0.1, -0.05) is 46.3 Å². The van der Waals surface area contributed by atoms with Gasteiger partial charge in [0, 0.05) is 16.7 Å². The molecular weight excluding hydrogens is 312 g/mol. The van der Waals surface area contributed by atoms with Crippen LogP contribution in [-0.2, 0) is 0 Å². The normalized spacial score (nSPS) is 11.7. The van der Waals surface area contributed by atoms with Gasteiger partial charge in [0.05, 0.1) is 12.0 Å². The molecule has 0 radical (unpaired) electrons. The van der Waals surface area contributed by atoms with Crippen LogP contribution in [0.2, 0.25) is 0 Å². The van der Waals surface area contributed by atoms with Crippen LogP contribution in [0.25, 0.3) is 0 Å². The van der Waals surface area contributed by atoms with Gasteiger partial charge in [-0.3, -0.25) is 0 Å². The number of nitriles is 1. The van der Waals surface area contributed by atoms with E-state index in [1.807, 2.05) is 30.3 Å². The van der Waals surface area contributed by atoms with Crippen molar-refractivity contribution in [1.29, 1.82) is 5.26 Å². The number of halogens is 1. The second-order valence-corrected chi connectivity index (χ2v) is 5.69. The van der Waals surface area contributed by atoms with Crippen LogP contribution in [0.4, 0.5) is 5.69 Å². The standard InChI is InChI=1S/C17H17BrN2/c1-12-8-16(9-13(2)17(12)18)20-11-15(10-19)14-6-4-3-5-7-14/h3-9,15,20H,11H2,1-2H3. The maximum atomic E-state index is 9.31. The quantitative estimate of drug-likeness (QED) is 0.876. The number of benzene rings is 2. The van der Waals surface area contributed by atoms with Crippen molar-refractivity contribution in [2.24, 2.45) is 0 Å². The van der Waals surface area contributed by atoms with E-state index in [0.717, 1.165) is 15.7 Å². The Hall–Kier alpha value is -1.79. The van der Waals surface area contributed by atoms with E-state index in [1.165, 1.54) is 11.1 Å². The predicted molar refractivity (Wildman–Crippen MR) is 86.9 cm³/mol. The Kier molecular flexibility index (Phi) is 4.81. The maximum Gasteiger partial charge on any atom is 0.0885 e. The zero-order valence-electron chi connectivity index (χ0n) is 11.7. The van der Waals surface area contributed by atoms with E-state index in [2.05, 4.69) is 53.3 Å². The second kappa shape index (κ2) is 6.58. The first kappa shape index (κ1) is 14.6. The van der Waals surface area contributed by atoms with E-state index in [-0.39, 0.29) is 5.92 Å².